The fourth-order valence-corrected chi connectivity index (χ4v) is 1.67. The van der Waals surface area contributed by atoms with Crippen LogP contribution in [0.15, 0.2) is 12.1 Å². The van der Waals surface area contributed by atoms with Gasteiger partial charge in [0.2, 0.25) is 0 Å². The molecule has 0 aromatic carbocycles. The van der Waals surface area contributed by atoms with Gasteiger partial charge in [-0.15, -0.1) is 5.10 Å². The van der Waals surface area contributed by atoms with E-state index < -0.39 is 0 Å². The largest absolute Gasteiger partial charge is 0.390 e. The molecule has 1 heterocycles. The highest BCUT2D eigenvalue weighted by Crippen LogP contribution is 2.13. The van der Waals surface area contributed by atoms with E-state index in [4.69, 9.17) is 14.6 Å². The molecule has 0 spiro atoms. The van der Waals surface area contributed by atoms with E-state index in [0.29, 0.717) is 25.5 Å². The van der Waals surface area contributed by atoms with Crippen LogP contribution in [-0.4, -0.2) is 55.3 Å². The van der Waals surface area contributed by atoms with Crippen molar-refractivity contribution in [1.29, 1.82) is 0 Å². The molecule has 1 N–H and O–H groups in total. The molecule has 0 aliphatic rings. The number of hydrogen-bond donors (Lipinski definition) is 1. The van der Waals surface area contributed by atoms with Crippen LogP contribution in [0.25, 0.3) is 0 Å². The van der Waals surface area contributed by atoms with E-state index in [1.54, 1.807) is 20.3 Å². The van der Waals surface area contributed by atoms with Crippen molar-refractivity contribution in [1.82, 2.24) is 10.2 Å². The molecular weight excluding hydrogens is 234 g/mol. The lowest BCUT2D eigenvalue weighted by Crippen LogP contribution is -2.39. The van der Waals surface area contributed by atoms with Crippen molar-refractivity contribution < 1.29 is 14.6 Å². The van der Waals surface area contributed by atoms with E-state index in [0.717, 1.165) is 5.82 Å². The quantitative estimate of drug-likeness (QED) is 0.727. The Morgan fingerprint density at radius 1 is 1.28 bits per heavy atom. The molecule has 1 unspecified atom stereocenters. The molecule has 1 rings (SSSR count). The van der Waals surface area contributed by atoms with Gasteiger partial charge in [0.15, 0.2) is 5.82 Å². The second-order valence-corrected chi connectivity index (χ2v) is 4.03. The van der Waals surface area contributed by atoms with Crippen molar-refractivity contribution >= 4 is 5.82 Å². The molecule has 0 radical (unpaired) electrons. The summed E-state index contributed by atoms with van der Waals surface area (Å²) in [5.74, 6) is 0.758. The lowest BCUT2D eigenvalue weighted by atomic mass is 10.3. The molecule has 18 heavy (non-hydrogen) atoms. The van der Waals surface area contributed by atoms with E-state index in [1.165, 1.54) is 0 Å². The molecule has 6 heteroatoms. The van der Waals surface area contributed by atoms with Crippen molar-refractivity contribution in [2.24, 2.45) is 0 Å². The Labute approximate surface area is 108 Å². The number of aliphatic hydroxyl groups is 1. The fourth-order valence-electron chi connectivity index (χ4n) is 1.67. The molecule has 102 valence electrons. The van der Waals surface area contributed by atoms with Gasteiger partial charge in [-0.25, -0.2) is 0 Å². The lowest BCUT2D eigenvalue weighted by molar-refractivity contribution is 0.170. The summed E-state index contributed by atoms with van der Waals surface area (Å²) >= 11 is 0. The normalized spacial score (nSPS) is 12.4. The maximum absolute atomic E-state index is 8.95. The summed E-state index contributed by atoms with van der Waals surface area (Å²) < 4.78 is 10.3. The van der Waals surface area contributed by atoms with Crippen molar-refractivity contribution in [2.45, 2.75) is 19.6 Å². The van der Waals surface area contributed by atoms with Gasteiger partial charge in [0.05, 0.1) is 31.6 Å². The number of hydrogen-bond acceptors (Lipinski definition) is 6. The first-order valence-electron chi connectivity index (χ1n) is 5.91. The topological polar surface area (TPSA) is 67.7 Å². The SMILES string of the molecule is COCCN(c1ccc(CO)nn1)C(C)COC. The molecular formula is C12H21N3O3. The minimum atomic E-state index is -0.0982. The van der Waals surface area contributed by atoms with Crippen LogP contribution in [-0.2, 0) is 16.1 Å². The van der Waals surface area contributed by atoms with Gasteiger partial charge in [-0.1, -0.05) is 0 Å². The Bertz CT molecular complexity index is 332. The molecule has 0 saturated heterocycles. The van der Waals surface area contributed by atoms with Crippen LogP contribution in [0.5, 0.6) is 0 Å². The number of rotatable bonds is 8. The van der Waals surface area contributed by atoms with Crippen molar-refractivity contribution in [2.75, 3.05) is 38.9 Å². The number of methoxy groups -OCH3 is 2. The summed E-state index contributed by atoms with van der Waals surface area (Å²) in [4.78, 5) is 2.07. The van der Waals surface area contributed by atoms with Crippen LogP contribution < -0.4 is 4.90 Å². The average molecular weight is 255 g/mol. The Morgan fingerprint density at radius 3 is 2.56 bits per heavy atom. The molecule has 0 bridgehead atoms. The van der Waals surface area contributed by atoms with E-state index >= 15 is 0 Å². The molecule has 6 nitrogen and oxygen atoms in total. The molecule has 0 amide bonds. The monoisotopic (exact) mass is 255 g/mol. The first kappa shape index (κ1) is 14.8. The zero-order valence-corrected chi connectivity index (χ0v) is 11.2. The number of aliphatic hydroxyl groups excluding tert-OH is 1. The molecule has 1 atom stereocenters. The van der Waals surface area contributed by atoms with Crippen LogP contribution in [0.1, 0.15) is 12.6 Å². The molecule has 0 aliphatic carbocycles. The third kappa shape index (κ3) is 4.21. The molecule has 1 aromatic rings. The predicted octanol–water partition coefficient (Wildman–Crippen LogP) is 0.457. The zero-order valence-electron chi connectivity index (χ0n) is 11.2. The van der Waals surface area contributed by atoms with Crippen molar-refractivity contribution in [3.8, 4) is 0 Å². The first-order valence-corrected chi connectivity index (χ1v) is 5.91. The van der Waals surface area contributed by atoms with Gasteiger partial charge < -0.3 is 19.5 Å². The van der Waals surface area contributed by atoms with Gasteiger partial charge in [-0.2, -0.15) is 5.10 Å². The highest BCUT2D eigenvalue weighted by Gasteiger charge is 2.15. The third-order valence-corrected chi connectivity index (χ3v) is 2.64. The minimum absolute atomic E-state index is 0.0982. The van der Waals surface area contributed by atoms with E-state index in [2.05, 4.69) is 22.0 Å². The standard InChI is InChI=1S/C12H21N3O3/c1-10(9-18-3)15(6-7-17-2)12-5-4-11(8-16)13-14-12/h4-5,10,16H,6-9H2,1-3H3. The Morgan fingerprint density at radius 2 is 2.06 bits per heavy atom. The number of nitrogens with zero attached hydrogens (tertiary/aromatic N) is 3. The highest BCUT2D eigenvalue weighted by molar-refractivity contribution is 5.38. The summed E-state index contributed by atoms with van der Waals surface area (Å²) in [5.41, 5.74) is 0.560. The second-order valence-electron chi connectivity index (χ2n) is 4.03. The van der Waals surface area contributed by atoms with Gasteiger partial charge in [-0.3, -0.25) is 0 Å². The lowest BCUT2D eigenvalue weighted by Gasteiger charge is -2.29. The zero-order chi connectivity index (χ0) is 13.4. The van der Waals surface area contributed by atoms with Crippen molar-refractivity contribution in [3.05, 3.63) is 17.8 Å². The van der Waals surface area contributed by atoms with E-state index in [9.17, 15) is 0 Å². The predicted molar refractivity (Wildman–Crippen MR) is 68.5 cm³/mol. The number of ether oxygens (including phenoxy) is 2. The number of anilines is 1. The van der Waals surface area contributed by atoms with Crippen LogP contribution in [0.3, 0.4) is 0 Å². The molecule has 0 fully saturated rings. The van der Waals surface area contributed by atoms with Crippen LogP contribution in [0.2, 0.25) is 0 Å². The molecule has 0 saturated carbocycles. The van der Waals surface area contributed by atoms with Crippen LogP contribution in [0, 0.1) is 0 Å². The van der Waals surface area contributed by atoms with Gasteiger partial charge in [0, 0.05) is 20.8 Å². The van der Waals surface area contributed by atoms with E-state index in [-0.39, 0.29) is 12.6 Å². The highest BCUT2D eigenvalue weighted by atomic mass is 16.5. The van der Waals surface area contributed by atoms with Gasteiger partial charge >= 0.3 is 0 Å². The van der Waals surface area contributed by atoms with Crippen LogP contribution >= 0.6 is 0 Å². The maximum Gasteiger partial charge on any atom is 0.151 e. The molecule has 0 aliphatic heterocycles. The summed E-state index contributed by atoms with van der Waals surface area (Å²) in [7, 11) is 3.34. The summed E-state index contributed by atoms with van der Waals surface area (Å²) in [6.07, 6.45) is 0. The Hall–Kier alpha value is -1.24. The smallest absolute Gasteiger partial charge is 0.151 e. The number of aromatic nitrogens is 2. The van der Waals surface area contributed by atoms with Crippen LogP contribution in [0.4, 0.5) is 5.82 Å². The first-order chi connectivity index (χ1) is 8.72. The van der Waals surface area contributed by atoms with Gasteiger partial charge in [-0.05, 0) is 19.1 Å². The Balaban J connectivity index is 2.79. The second kappa shape index (κ2) is 7.97. The average Bonchev–Trinajstić information content (AvgIpc) is 2.40. The fraction of sp³-hybridized carbons (Fsp3) is 0.667. The summed E-state index contributed by atoms with van der Waals surface area (Å²) in [5, 5.41) is 17.0. The van der Waals surface area contributed by atoms with Crippen molar-refractivity contribution in [3.63, 3.8) is 0 Å². The molecule has 1 aromatic heterocycles. The maximum atomic E-state index is 8.95. The van der Waals surface area contributed by atoms with Gasteiger partial charge in [0.25, 0.3) is 0 Å². The van der Waals surface area contributed by atoms with E-state index in [1.807, 2.05) is 6.07 Å². The van der Waals surface area contributed by atoms with Gasteiger partial charge in [0.1, 0.15) is 0 Å². The summed E-state index contributed by atoms with van der Waals surface area (Å²) in [6, 6.07) is 3.79. The summed E-state index contributed by atoms with van der Waals surface area (Å²) in [6.45, 7) is 3.89. The minimum Gasteiger partial charge on any atom is -0.390 e. The third-order valence-electron chi connectivity index (χ3n) is 2.64. The Kier molecular flexibility index (Phi) is 6.56.